The molecule has 1 atom stereocenters. The lowest BCUT2D eigenvalue weighted by atomic mass is 10.0. The van der Waals surface area contributed by atoms with Crippen LogP contribution in [0.5, 0.6) is 5.75 Å². The van der Waals surface area contributed by atoms with Gasteiger partial charge in [0.15, 0.2) is 10.6 Å². The molecule has 6 nitrogen and oxygen atoms in total. The molecule has 0 bridgehead atoms. The Bertz CT molecular complexity index is 1060. The van der Waals surface area contributed by atoms with E-state index >= 15 is 0 Å². The van der Waals surface area contributed by atoms with E-state index in [0.717, 1.165) is 42.9 Å². The molecule has 1 N–H and O–H groups in total. The average Bonchev–Trinajstić information content (AvgIpc) is 3.01. The molecule has 0 radical (unpaired) electrons. The Labute approximate surface area is 187 Å². The molecule has 0 unspecified atom stereocenters. The number of nitrogens with one attached hydrogen (secondary N) is 1. The van der Waals surface area contributed by atoms with E-state index in [1.54, 1.807) is 7.11 Å². The molecule has 1 fully saturated rings. The van der Waals surface area contributed by atoms with E-state index in [-0.39, 0.29) is 11.9 Å². The zero-order chi connectivity index (χ0) is 21.6. The van der Waals surface area contributed by atoms with Crippen molar-refractivity contribution in [2.45, 2.75) is 44.7 Å². The third kappa shape index (κ3) is 4.88. The quantitative estimate of drug-likeness (QED) is 0.543. The van der Waals surface area contributed by atoms with Crippen LogP contribution in [0.25, 0.3) is 11.4 Å². The topological polar surface area (TPSA) is 63.1 Å². The first-order valence-corrected chi connectivity index (χ1v) is 11.2. The fourth-order valence-electron chi connectivity index (χ4n) is 4.27. The number of rotatable bonds is 6. The second kappa shape index (κ2) is 9.92. The van der Waals surface area contributed by atoms with Gasteiger partial charge in [-0.25, -0.2) is 0 Å². The van der Waals surface area contributed by atoms with E-state index in [2.05, 4.69) is 39.4 Å². The maximum atomic E-state index is 13.3. The Hall–Kier alpha value is -2.93. The minimum atomic E-state index is 0.148. The molecule has 0 aliphatic carbocycles. The Balaban J connectivity index is 1.51. The van der Waals surface area contributed by atoms with Crippen LogP contribution in [-0.4, -0.2) is 39.2 Å². The lowest BCUT2D eigenvalue weighted by molar-refractivity contribution is -0.133. The number of likely N-dealkylation sites (tertiary alicyclic amines) is 1. The number of methoxy groups -OCH3 is 1. The highest BCUT2D eigenvalue weighted by Gasteiger charge is 2.26. The normalized spacial score (nSPS) is 16.7. The third-order valence-corrected chi connectivity index (χ3v) is 6.22. The average molecular weight is 437 g/mol. The highest BCUT2D eigenvalue weighted by Crippen LogP contribution is 2.31. The number of nitrogens with zero attached hydrogens (tertiary/aromatic N) is 3. The molecular formula is C24H28N4O2S. The smallest absolute Gasteiger partial charge is 0.224 e. The van der Waals surface area contributed by atoms with Gasteiger partial charge >= 0.3 is 0 Å². The van der Waals surface area contributed by atoms with Crippen molar-refractivity contribution in [1.82, 2.24) is 19.7 Å². The first kappa shape index (κ1) is 21.3. The summed E-state index contributed by atoms with van der Waals surface area (Å²) < 4.78 is 7.67. The Kier molecular flexibility index (Phi) is 6.82. The number of benzene rings is 2. The van der Waals surface area contributed by atoms with Gasteiger partial charge in [-0.15, -0.1) is 0 Å². The first-order valence-electron chi connectivity index (χ1n) is 10.8. The van der Waals surface area contributed by atoms with E-state index in [1.165, 1.54) is 12.0 Å². The molecule has 0 saturated carbocycles. The fraction of sp³-hybridized carbons (Fsp3) is 0.375. The van der Waals surface area contributed by atoms with E-state index < -0.39 is 0 Å². The van der Waals surface area contributed by atoms with Crippen LogP contribution in [0.15, 0.2) is 54.6 Å². The summed E-state index contributed by atoms with van der Waals surface area (Å²) in [6, 6.07) is 18.2. The predicted molar refractivity (Wildman–Crippen MR) is 123 cm³/mol. The zero-order valence-corrected chi connectivity index (χ0v) is 18.6. The van der Waals surface area contributed by atoms with Gasteiger partial charge in [-0.3, -0.25) is 14.5 Å². The maximum absolute atomic E-state index is 13.3. The van der Waals surface area contributed by atoms with Crippen LogP contribution in [0.4, 0.5) is 0 Å². The van der Waals surface area contributed by atoms with Gasteiger partial charge in [-0.05, 0) is 54.9 Å². The molecule has 7 heteroatoms. The molecule has 0 spiro atoms. The zero-order valence-electron chi connectivity index (χ0n) is 17.8. The summed E-state index contributed by atoms with van der Waals surface area (Å²) in [7, 11) is 1.64. The van der Waals surface area contributed by atoms with Crippen LogP contribution < -0.4 is 4.74 Å². The monoisotopic (exact) mass is 436 g/mol. The second-order valence-electron chi connectivity index (χ2n) is 7.85. The molecule has 1 amide bonds. The number of carbonyl (C=O) groups is 1. The number of amides is 1. The van der Waals surface area contributed by atoms with E-state index in [0.29, 0.717) is 17.7 Å². The summed E-state index contributed by atoms with van der Waals surface area (Å²) in [5, 5.41) is 7.26. The largest absolute Gasteiger partial charge is 0.497 e. The molecule has 4 rings (SSSR count). The summed E-state index contributed by atoms with van der Waals surface area (Å²) in [5.74, 6) is 1.68. The van der Waals surface area contributed by atoms with Crippen molar-refractivity contribution in [1.29, 1.82) is 0 Å². The van der Waals surface area contributed by atoms with E-state index in [9.17, 15) is 4.79 Å². The first-order chi connectivity index (χ1) is 15.2. The number of hydrogen-bond acceptors (Lipinski definition) is 4. The number of aromatic amines is 1. The molecule has 31 heavy (non-hydrogen) atoms. The highest BCUT2D eigenvalue weighted by atomic mass is 32.1. The molecule has 2 heterocycles. The molecule has 162 valence electrons. The van der Waals surface area contributed by atoms with Crippen LogP contribution in [0.2, 0.25) is 0 Å². The molecule has 1 aliphatic rings. The van der Waals surface area contributed by atoms with Gasteiger partial charge in [0.05, 0.1) is 13.2 Å². The Morgan fingerprint density at radius 2 is 1.90 bits per heavy atom. The number of ether oxygens (including phenoxy) is 1. The van der Waals surface area contributed by atoms with Crippen molar-refractivity contribution in [2.24, 2.45) is 0 Å². The Morgan fingerprint density at radius 1 is 1.13 bits per heavy atom. The van der Waals surface area contributed by atoms with Gasteiger partial charge in [-0.2, -0.15) is 5.10 Å². The van der Waals surface area contributed by atoms with Crippen LogP contribution in [0.1, 0.15) is 43.7 Å². The van der Waals surface area contributed by atoms with Gasteiger partial charge < -0.3 is 9.64 Å². The van der Waals surface area contributed by atoms with Gasteiger partial charge in [0, 0.05) is 25.1 Å². The lowest BCUT2D eigenvalue weighted by Crippen LogP contribution is -2.35. The molecule has 1 saturated heterocycles. The van der Waals surface area contributed by atoms with Gasteiger partial charge in [0.1, 0.15) is 5.75 Å². The number of H-pyrrole nitrogens is 1. The number of hydrogen-bond donors (Lipinski definition) is 1. The molecule has 2 aromatic carbocycles. The maximum Gasteiger partial charge on any atom is 0.224 e. The molecule has 1 aliphatic heterocycles. The Morgan fingerprint density at radius 3 is 2.65 bits per heavy atom. The third-order valence-electron chi connectivity index (χ3n) is 5.91. The van der Waals surface area contributed by atoms with Crippen LogP contribution >= 0.6 is 12.2 Å². The minimum absolute atomic E-state index is 0.148. The SMILES string of the molecule is COc1ccc(-c2n[nH]c(=S)n2CCC(=O)N2CCCCC[C@@H]2c2ccccc2)cc1. The minimum Gasteiger partial charge on any atom is -0.497 e. The van der Waals surface area contributed by atoms with Crippen molar-refractivity contribution >= 4 is 18.1 Å². The molecule has 1 aromatic heterocycles. The number of carbonyl (C=O) groups excluding carboxylic acids is 1. The van der Waals surface area contributed by atoms with Gasteiger partial charge in [-0.1, -0.05) is 43.2 Å². The lowest BCUT2D eigenvalue weighted by Gasteiger charge is -2.30. The van der Waals surface area contributed by atoms with E-state index in [4.69, 9.17) is 17.0 Å². The van der Waals surface area contributed by atoms with Crippen LogP contribution in [-0.2, 0) is 11.3 Å². The van der Waals surface area contributed by atoms with Gasteiger partial charge in [0.25, 0.3) is 0 Å². The second-order valence-corrected chi connectivity index (χ2v) is 8.23. The summed E-state index contributed by atoms with van der Waals surface area (Å²) >= 11 is 5.45. The summed E-state index contributed by atoms with van der Waals surface area (Å²) in [6.45, 7) is 1.30. The summed E-state index contributed by atoms with van der Waals surface area (Å²) in [5.41, 5.74) is 2.15. The number of aromatic nitrogens is 3. The van der Waals surface area contributed by atoms with Crippen molar-refractivity contribution < 1.29 is 9.53 Å². The summed E-state index contributed by atoms with van der Waals surface area (Å²) in [4.78, 5) is 15.4. The van der Waals surface area contributed by atoms with E-state index in [1.807, 2.05) is 34.9 Å². The van der Waals surface area contributed by atoms with Crippen LogP contribution in [0, 0.1) is 4.77 Å². The van der Waals surface area contributed by atoms with Crippen molar-refractivity contribution in [3.63, 3.8) is 0 Å². The van der Waals surface area contributed by atoms with Crippen molar-refractivity contribution in [3.05, 3.63) is 64.9 Å². The molecule has 3 aromatic rings. The van der Waals surface area contributed by atoms with Gasteiger partial charge in [0.2, 0.25) is 5.91 Å². The fourth-order valence-corrected chi connectivity index (χ4v) is 4.49. The van der Waals surface area contributed by atoms with Crippen molar-refractivity contribution in [3.8, 4) is 17.1 Å². The highest BCUT2D eigenvalue weighted by molar-refractivity contribution is 7.71. The van der Waals surface area contributed by atoms with Crippen LogP contribution in [0.3, 0.4) is 0 Å². The summed E-state index contributed by atoms with van der Waals surface area (Å²) in [6.07, 6.45) is 4.77. The standard InChI is InChI=1S/C24H28N4O2S/c1-30-20-13-11-19(12-14-20)23-25-26-24(31)28(23)17-15-22(29)27-16-7-3-6-10-21(27)18-8-4-2-5-9-18/h2,4-5,8-9,11-14,21H,3,6-7,10,15-17H2,1H3,(H,26,31)/t21-/m1/s1. The molecular weight excluding hydrogens is 408 g/mol. The van der Waals surface area contributed by atoms with Crippen molar-refractivity contribution in [2.75, 3.05) is 13.7 Å². The predicted octanol–water partition coefficient (Wildman–Crippen LogP) is 5.15.